The predicted octanol–water partition coefficient (Wildman–Crippen LogP) is 3.33. The Bertz CT molecular complexity index is 1230. The first-order valence-corrected chi connectivity index (χ1v) is 11.6. The van der Waals surface area contributed by atoms with E-state index in [4.69, 9.17) is 0 Å². The minimum Gasteiger partial charge on any atom is -0.395 e. The van der Waals surface area contributed by atoms with Gasteiger partial charge in [0.15, 0.2) is 0 Å². The van der Waals surface area contributed by atoms with Gasteiger partial charge in [0.2, 0.25) is 0 Å². The highest BCUT2D eigenvalue weighted by Crippen LogP contribution is 2.33. The quantitative estimate of drug-likeness (QED) is 0.414. The Kier molecular flexibility index (Phi) is 6.46. The first-order chi connectivity index (χ1) is 16.9. The zero-order valence-corrected chi connectivity index (χ0v) is 19.0. The molecule has 2 atom stereocenters. The van der Waals surface area contributed by atoms with Gasteiger partial charge in [-0.1, -0.05) is 18.2 Å². The molecule has 5 rings (SSSR count). The van der Waals surface area contributed by atoms with Gasteiger partial charge in [0.25, 0.3) is 5.91 Å². The van der Waals surface area contributed by atoms with Crippen LogP contribution < -0.4 is 10.6 Å². The van der Waals surface area contributed by atoms with Crippen molar-refractivity contribution >= 4 is 17.3 Å². The first kappa shape index (κ1) is 23.3. The largest absolute Gasteiger partial charge is 0.395 e. The minimum atomic E-state index is -0.731. The Morgan fingerprint density at radius 1 is 1.14 bits per heavy atom. The van der Waals surface area contributed by atoms with E-state index >= 15 is 0 Å². The van der Waals surface area contributed by atoms with Gasteiger partial charge in [-0.2, -0.15) is 0 Å². The molecule has 0 radical (unpaired) electrons. The van der Waals surface area contributed by atoms with Crippen LogP contribution in [0.5, 0.6) is 0 Å². The third-order valence-electron chi connectivity index (χ3n) is 6.62. The van der Waals surface area contributed by atoms with Crippen molar-refractivity contribution < 1.29 is 23.8 Å². The van der Waals surface area contributed by atoms with Crippen LogP contribution in [0.2, 0.25) is 0 Å². The number of fused-ring (bicyclic) bond motifs is 1. The molecule has 4 N–H and O–H groups in total. The number of amides is 1. The third-order valence-corrected chi connectivity index (χ3v) is 6.62. The van der Waals surface area contributed by atoms with Crippen LogP contribution in [0.4, 0.5) is 20.2 Å². The van der Waals surface area contributed by atoms with Crippen molar-refractivity contribution in [3.8, 4) is 11.3 Å². The molecule has 2 aliphatic heterocycles. The SMILES string of the molecule is O=C1NCc2nc(-c3c(F)cccc3F)cc(Nc3ccc(CC(O)N4CCC[C@H]4CO)cc3)c21. The molecule has 3 aromatic rings. The van der Waals surface area contributed by atoms with Crippen molar-refractivity contribution in [1.29, 1.82) is 0 Å². The van der Waals surface area contributed by atoms with Gasteiger partial charge in [-0.25, -0.2) is 13.8 Å². The van der Waals surface area contributed by atoms with Crippen LogP contribution in [0.15, 0.2) is 48.5 Å². The molecule has 1 fully saturated rings. The summed E-state index contributed by atoms with van der Waals surface area (Å²) >= 11 is 0. The van der Waals surface area contributed by atoms with Crippen LogP contribution in [0.1, 0.15) is 34.5 Å². The van der Waals surface area contributed by atoms with Gasteiger partial charge in [0, 0.05) is 24.7 Å². The Labute approximate surface area is 201 Å². The van der Waals surface area contributed by atoms with Crippen LogP contribution in [-0.4, -0.2) is 51.4 Å². The van der Waals surface area contributed by atoms with Gasteiger partial charge in [-0.3, -0.25) is 9.69 Å². The summed E-state index contributed by atoms with van der Waals surface area (Å²) in [5.74, 6) is -1.77. The van der Waals surface area contributed by atoms with Gasteiger partial charge in [0.05, 0.1) is 41.4 Å². The first-order valence-electron chi connectivity index (χ1n) is 11.6. The third kappa shape index (κ3) is 4.62. The molecule has 3 heterocycles. The van der Waals surface area contributed by atoms with Gasteiger partial charge < -0.3 is 20.8 Å². The average Bonchev–Trinajstić information content (AvgIpc) is 3.47. The fraction of sp³-hybridized carbons (Fsp3) is 0.308. The molecule has 0 bridgehead atoms. The maximum atomic E-state index is 14.4. The number of aliphatic hydroxyl groups is 2. The van der Waals surface area contributed by atoms with E-state index in [9.17, 15) is 23.8 Å². The Morgan fingerprint density at radius 3 is 2.60 bits per heavy atom. The number of halogens is 2. The van der Waals surface area contributed by atoms with Crippen LogP contribution in [0.3, 0.4) is 0 Å². The summed E-state index contributed by atoms with van der Waals surface area (Å²) in [7, 11) is 0. The number of hydrogen-bond donors (Lipinski definition) is 4. The Hall–Kier alpha value is -3.40. The second kappa shape index (κ2) is 9.69. The normalized spacial score (nSPS) is 18.4. The fourth-order valence-electron chi connectivity index (χ4n) is 4.85. The molecular weight excluding hydrogens is 454 g/mol. The van der Waals surface area contributed by atoms with Crippen molar-refractivity contribution in [2.24, 2.45) is 0 Å². The van der Waals surface area contributed by atoms with E-state index in [0.29, 0.717) is 29.1 Å². The number of nitrogens with one attached hydrogen (secondary N) is 2. The molecule has 1 saturated heterocycles. The number of anilines is 2. The number of hydrogen-bond acceptors (Lipinski definition) is 6. The molecule has 1 unspecified atom stereocenters. The van der Waals surface area contributed by atoms with Crippen molar-refractivity contribution in [3.63, 3.8) is 0 Å². The number of carbonyl (C=O) groups is 1. The maximum absolute atomic E-state index is 14.4. The number of carbonyl (C=O) groups excluding carboxylic acids is 1. The summed E-state index contributed by atoms with van der Waals surface area (Å²) < 4.78 is 28.8. The molecule has 0 spiro atoms. The standard InChI is InChI=1S/C26H26F2N4O3/c27-18-4-1-5-19(28)24(18)20-12-21(25-22(31-20)13-29-26(25)35)30-16-8-6-15(7-9-16)11-23(34)32-10-2-3-17(32)14-33/h1,4-9,12,17,23,33-34H,2-3,10-11,13-14H2,(H,29,35)(H,30,31)/t17-,23?/m0/s1. The molecule has 0 aliphatic carbocycles. The molecule has 35 heavy (non-hydrogen) atoms. The molecular formula is C26H26F2N4O3. The van der Waals surface area contributed by atoms with Gasteiger partial charge >= 0.3 is 0 Å². The highest BCUT2D eigenvalue weighted by molar-refractivity contribution is 6.04. The molecule has 0 saturated carbocycles. The van der Waals surface area contributed by atoms with Crippen LogP contribution in [0.25, 0.3) is 11.3 Å². The predicted molar refractivity (Wildman–Crippen MR) is 127 cm³/mol. The van der Waals surface area contributed by atoms with E-state index in [0.717, 1.165) is 24.9 Å². The zero-order chi connectivity index (χ0) is 24.5. The Morgan fingerprint density at radius 2 is 1.89 bits per heavy atom. The summed E-state index contributed by atoms with van der Waals surface area (Å²) in [6, 6.07) is 12.5. The van der Waals surface area contributed by atoms with E-state index in [2.05, 4.69) is 15.6 Å². The Balaban J connectivity index is 1.39. The number of likely N-dealkylation sites (tertiary alicyclic amines) is 1. The number of nitrogens with zero attached hydrogens (tertiary/aromatic N) is 2. The van der Waals surface area contributed by atoms with Gasteiger partial charge in [-0.05, 0) is 48.7 Å². The second-order valence-electron chi connectivity index (χ2n) is 8.88. The smallest absolute Gasteiger partial charge is 0.255 e. The summed E-state index contributed by atoms with van der Waals surface area (Å²) in [5.41, 5.74) is 2.60. The number of aliphatic hydroxyl groups excluding tert-OH is 2. The van der Waals surface area contributed by atoms with E-state index in [1.807, 2.05) is 29.2 Å². The van der Waals surface area contributed by atoms with Crippen molar-refractivity contribution in [2.75, 3.05) is 18.5 Å². The lowest BCUT2D eigenvalue weighted by Crippen LogP contribution is -2.42. The second-order valence-corrected chi connectivity index (χ2v) is 8.88. The number of rotatable bonds is 7. The highest BCUT2D eigenvalue weighted by atomic mass is 19.1. The van der Waals surface area contributed by atoms with E-state index < -0.39 is 17.9 Å². The lowest BCUT2D eigenvalue weighted by atomic mass is 10.1. The summed E-state index contributed by atoms with van der Waals surface area (Å²) in [6.45, 7) is 0.962. The summed E-state index contributed by atoms with van der Waals surface area (Å²) in [5, 5.41) is 26.0. The maximum Gasteiger partial charge on any atom is 0.255 e. The number of benzene rings is 2. The van der Waals surface area contributed by atoms with Gasteiger partial charge in [0.1, 0.15) is 17.9 Å². The van der Waals surface area contributed by atoms with Crippen molar-refractivity contribution in [2.45, 2.75) is 38.1 Å². The molecule has 2 aliphatic rings. The molecule has 2 aromatic carbocycles. The van der Waals surface area contributed by atoms with Gasteiger partial charge in [-0.15, -0.1) is 0 Å². The summed E-state index contributed by atoms with van der Waals surface area (Å²) in [4.78, 5) is 18.7. The molecule has 182 valence electrons. The number of pyridine rings is 1. The highest BCUT2D eigenvalue weighted by Gasteiger charge is 2.29. The molecule has 1 amide bonds. The topological polar surface area (TPSA) is 97.7 Å². The average molecular weight is 481 g/mol. The van der Waals surface area contributed by atoms with E-state index in [-0.39, 0.29) is 36.4 Å². The van der Waals surface area contributed by atoms with E-state index in [1.54, 1.807) is 0 Å². The van der Waals surface area contributed by atoms with Crippen LogP contribution in [0, 0.1) is 11.6 Å². The minimum absolute atomic E-state index is 0.0145. The lowest BCUT2D eigenvalue weighted by Gasteiger charge is -2.28. The van der Waals surface area contributed by atoms with Crippen LogP contribution in [-0.2, 0) is 13.0 Å². The van der Waals surface area contributed by atoms with E-state index in [1.165, 1.54) is 24.3 Å². The van der Waals surface area contributed by atoms with Crippen LogP contribution >= 0.6 is 0 Å². The van der Waals surface area contributed by atoms with Crippen molar-refractivity contribution in [3.05, 3.63) is 77.0 Å². The monoisotopic (exact) mass is 480 g/mol. The fourth-order valence-corrected chi connectivity index (χ4v) is 4.85. The van der Waals surface area contributed by atoms with Crippen molar-refractivity contribution in [1.82, 2.24) is 15.2 Å². The molecule has 7 nitrogen and oxygen atoms in total. The summed E-state index contributed by atoms with van der Waals surface area (Å²) in [6.07, 6.45) is 1.56. The molecule has 1 aromatic heterocycles. The number of aromatic nitrogens is 1. The lowest BCUT2D eigenvalue weighted by molar-refractivity contribution is -0.0174. The zero-order valence-electron chi connectivity index (χ0n) is 19.0. The molecule has 9 heteroatoms.